The Hall–Kier alpha value is -3.09. The van der Waals surface area contributed by atoms with Gasteiger partial charge in [0.25, 0.3) is 0 Å². The quantitative estimate of drug-likeness (QED) is 0.725. The number of nitrogen functional groups attached to an aromatic ring is 1. The highest BCUT2D eigenvalue weighted by Crippen LogP contribution is 2.36. The van der Waals surface area contributed by atoms with Crippen LogP contribution in [0, 0.1) is 5.92 Å². The van der Waals surface area contributed by atoms with Gasteiger partial charge in [0.05, 0.1) is 11.4 Å². The Morgan fingerprint density at radius 2 is 1.79 bits per heavy atom. The number of nitrogens with zero attached hydrogens (tertiary/aromatic N) is 6. The molecule has 0 radical (unpaired) electrons. The van der Waals surface area contributed by atoms with Gasteiger partial charge in [-0.1, -0.05) is 0 Å². The molecule has 28 heavy (non-hydrogen) atoms. The molecule has 0 aromatic carbocycles. The van der Waals surface area contributed by atoms with E-state index < -0.39 is 0 Å². The maximum Gasteiger partial charge on any atom is 0.230 e. The van der Waals surface area contributed by atoms with Crippen molar-refractivity contribution in [1.29, 1.82) is 0 Å². The van der Waals surface area contributed by atoms with Crippen molar-refractivity contribution in [2.75, 3.05) is 10.6 Å². The van der Waals surface area contributed by atoms with Gasteiger partial charge in [0.2, 0.25) is 11.9 Å². The fourth-order valence-corrected chi connectivity index (χ4v) is 3.30. The summed E-state index contributed by atoms with van der Waals surface area (Å²) < 4.78 is 0. The molecule has 7 heteroatoms. The van der Waals surface area contributed by atoms with Gasteiger partial charge in [0.1, 0.15) is 0 Å². The summed E-state index contributed by atoms with van der Waals surface area (Å²) in [5.41, 5.74) is 9.32. The first-order valence-electron chi connectivity index (χ1n) is 9.57. The Morgan fingerprint density at radius 1 is 1.04 bits per heavy atom. The number of hydrogen-bond acceptors (Lipinski definition) is 7. The van der Waals surface area contributed by atoms with E-state index in [-0.39, 0.29) is 5.54 Å². The fourth-order valence-electron chi connectivity index (χ4n) is 3.30. The third-order valence-electron chi connectivity index (χ3n) is 4.78. The molecule has 144 valence electrons. The molecule has 4 rings (SSSR count). The number of nitrogens with two attached hydrogens (primary N) is 1. The number of anilines is 3. The van der Waals surface area contributed by atoms with E-state index in [1.807, 2.05) is 18.2 Å². The molecular weight excluding hydrogens is 350 g/mol. The average molecular weight is 375 g/mol. The monoisotopic (exact) mass is 375 g/mol. The number of pyridine rings is 1. The first kappa shape index (κ1) is 18.3. The van der Waals surface area contributed by atoms with Gasteiger partial charge in [-0.15, -0.1) is 0 Å². The summed E-state index contributed by atoms with van der Waals surface area (Å²) in [6.07, 6.45) is 10.5. The van der Waals surface area contributed by atoms with Crippen molar-refractivity contribution in [2.24, 2.45) is 5.92 Å². The zero-order valence-corrected chi connectivity index (χ0v) is 16.5. The Bertz CT molecular complexity index is 962. The SMILES string of the molecule is CC(C)(C)N(c1ccncc1)c1nccc(-c2cnc(N)nc2CC2CC2)n1. The summed E-state index contributed by atoms with van der Waals surface area (Å²) in [7, 11) is 0. The molecule has 3 heterocycles. The van der Waals surface area contributed by atoms with Gasteiger partial charge in [-0.05, 0) is 64.2 Å². The molecule has 0 amide bonds. The smallest absolute Gasteiger partial charge is 0.230 e. The third kappa shape index (κ3) is 3.93. The van der Waals surface area contributed by atoms with Gasteiger partial charge in [0, 0.05) is 41.6 Å². The van der Waals surface area contributed by atoms with Crippen LogP contribution in [0.2, 0.25) is 0 Å². The van der Waals surface area contributed by atoms with Crippen LogP contribution in [0.15, 0.2) is 43.0 Å². The number of rotatable bonds is 5. The van der Waals surface area contributed by atoms with E-state index in [2.05, 4.69) is 45.6 Å². The molecule has 1 saturated carbocycles. The minimum Gasteiger partial charge on any atom is -0.368 e. The summed E-state index contributed by atoms with van der Waals surface area (Å²) in [5, 5.41) is 0. The number of hydrogen-bond donors (Lipinski definition) is 1. The van der Waals surface area contributed by atoms with Gasteiger partial charge in [-0.3, -0.25) is 4.98 Å². The Morgan fingerprint density at radius 3 is 2.46 bits per heavy atom. The van der Waals surface area contributed by atoms with E-state index in [9.17, 15) is 0 Å². The van der Waals surface area contributed by atoms with Crippen LogP contribution >= 0.6 is 0 Å². The van der Waals surface area contributed by atoms with Crippen LogP contribution in [0.1, 0.15) is 39.3 Å². The zero-order chi connectivity index (χ0) is 19.7. The van der Waals surface area contributed by atoms with E-state index in [0.29, 0.717) is 17.8 Å². The molecule has 1 aliphatic carbocycles. The van der Waals surface area contributed by atoms with Gasteiger partial charge < -0.3 is 10.6 Å². The summed E-state index contributed by atoms with van der Waals surface area (Å²) in [5.74, 6) is 1.63. The Labute approximate surface area is 165 Å². The minimum atomic E-state index is -0.214. The van der Waals surface area contributed by atoms with Crippen molar-refractivity contribution in [3.63, 3.8) is 0 Å². The molecule has 1 fully saturated rings. The molecule has 0 unspecified atom stereocenters. The molecule has 3 aromatic heterocycles. The lowest BCUT2D eigenvalue weighted by molar-refractivity contribution is 0.550. The molecule has 0 atom stereocenters. The second-order valence-electron chi connectivity index (χ2n) is 8.19. The lowest BCUT2D eigenvalue weighted by Gasteiger charge is -2.35. The summed E-state index contributed by atoms with van der Waals surface area (Å²) >= 11 is 0. The van der Waals surface area contributed by atoms with Crippen LogP contribution in [-0.2, 0) is 6.42 Å². The molecule has 0 spiro atoms. The predicted octanol–water partition coefficient (Wildman–Crippen LogP) is 3.80. The van der Waals surface area contributed by atoms with Crippen LogP contribution in [0.5, 0.6) is 0 Å². The molecule has 0 bridgehead atoms. The second kappa shape index (κ2) is 7.14. The summed E-state index contributed by atoms with van der Waals surface area (Å²) in [6.45, 7) is 6.40. The van der Waals surface area contributed by atoms with Crippen LogP contribution in [-0.4, -0.2) is 30.5 Å². The topological polar surface area (TPSA) is 93.7 Å². The van der Waals surface area contributed by atoms with Gasteiger partial charge >= 0.3 is 0 Å². The molecule has 3 aromatic rings. The summed E-state index contributed by atoms with van der Waals surface area (Å²) in [4.78, 5) is 24.4. The van der Waals surface area contributed by atoms with Gasteiger partial charge in [-0.25, -0.2) is 19.9 Å². The molecule has 7 nitrogen and oxygen atoms in total. The molecular formula is C21H25N7. The third-order valence-corrected chi connectivity index (χ3v) is 4.78. The van der Waals surface area contributed by atoms with Crippen molar-refractivity contribution >= 4 is 17.6 Å². The Balaban J connectivity index is 1.77. The van der Waals surface area contributed by atoms with Crippen LogP contribution < -0.4 is 10.6 Å². The van der Waals surface area contributed by atoms with Crippen LogP contribution in [0.3, 0.4) is 0 Å². The largest absolute Gasteiger partial charge is 0.368 e. The van der Waals surface area contributed by atoms with Crippen LogP contribution in [0.25, 0.3) is 11.3 Å². The highest BCUT2D eigenvalue weighted by Gasteiger charge is 2.27. The molecule has 2 N–H and O–H groups in total. The first-order chi connectivity index (χ1) is 13.4. The number of aromatic nitrogens is 5. The lowest BCUT2D eigenvalue weighted by Crippen LogP contribution is -2.38. The molecule has 0 saturated heterocycles. The lowest BCUT2D eigenvalue weighted by atomic mass is 10.1. The fraction of sp³-hybridized carbons (Fsp3) is 0.381. The van der Waals surface area contributed by atoms with Crippen molar-refractivity contribution < 1.29 is 0 Å². The van der Waals surface area contributed by atoms with Gasteiger partial charge in [-0.2, -0.15) is 0 Å². The van der Waals surface area contributed by atoms with E-state index in [1.54, 1.807) is 24.8 Å². The van der Waals surface area contributed by atoms with E-state index >= 15 is 0 Å². The van der Waals surface area contributed by atoms with Crippen molar-refractivity contribution in [2.45, 2.75) is 45.6 Å². The van der Waals surface area contributed by atoms with Crippen molar-refractivity contribution in [3.8, 4) is 11.3 Å². The highest BCUT2D eigenvalue weighted by atomic mass is 15.3. The van der Waals surface area contributed by atoms with E-state index in [0.717, 1.165) is 29.1 Å². The maximum absolute atomic E-state index is 5.84. The van der Waals surface area contributed by atoms with E-state index in [1.165, 1.54) is 12.8 Å². The zero-order valence-electron chi connectivity index (χ0n) is 16.5. The molecule has 1 aliphatic rings. The maximum atomic E-state index is 5.84. The standard InChI is InChI=1S/C21H25N7/c1-21(2,3)28(15-6-9-23-10-7-15)20-24-11-8-17(27-20)16-13-25-19(22)26-18(16)12-14-4-5-14/h6-11,13-14H,4-5,12H2,1-3H3,(H2,22,25,26). The Kier molecular flexibility index (Phi) is 4.66. The minimum absolute atomic E-state index is 0.214. The second-order valence-corrected chi connectivity index (χ2v) is 8.19. The average Bonchev–Trinajstić information content (AvgIpc) is 3.46. The summed E-state index contributed by atoms with van der Waals surface area (Å²) in [6, 6.07) is 5.83. The van der Waals surface area contributed by atoms with Crippen molar-refractivity contribution in [3.05, 3.63) is 48.7 Å². The van der Waals surface area contributed by atoms with Crippen LogP contribution in [0.4, 0.5) is 17.6 Å². The van der Waals surface area contributed by atoms with E-state index in [4.69, 9.17) is 10.7 Å². The molecule has 0 aliphatic heterocycles. The normalized spacial score (nSPS) is 14.1. The highest BCUT2D eigenvalue weighted by molar-refractivity contribution is 5.65. The van der Waals surface area contributed by atoms with Crippen molar-refractivity contribution in [1.82, 2.24) is 24.9 Å². The van der Waals surface area contributed by atoms with Gasteiger partial charge in [0.15, 0.2) is 0 Å². The first-order valence-corrected chi connectivity index (χ1v) is 9.57. The predicted molar refractivity (Wildman–Crippen MR) is 110 cm³/mol.